The normalized spacial score (nSPS) is 16.7. The second-order valence-corrected chi connectivity index (χ2v) is 13.4. The summed E-state index contributed by atoms with van der Waals surface area (Å²) < 4.78 is 6.79. The topological polar surface area (TPSA) is 69.8 Å². The Labute approximate surface area is 303 Å². The van der Waals surface area contributed by atoms with Gasteiger partial charge in [0.05, 0.1) is 11.1 Å². The molecule has 1 unspecified atom stereocenters. The molecule has 9 rings (SSSR count). The molecule has 6 aromatic carbocycles. The van der Waals surface area contributed by atoms with Crippen LogP contribution in [0.2, 0.25) is 0 Å². The number of aliphatic imine (C=N–C) groups is 2. The zero-order valence-corrected chi connectivity index (χ0v) is 29.0. The van der Waals surface area contributed by atoms with Crippen LogP contribution in [0.25, 0.3) is 16.8 Å². The minimum atomic E-state index is -0.531. The number of hydrogen-bond donors (Lipinski definition) is 2. The van der Waals surface area contributed by atoms with Gasteiger partial charge >= 0.3 is 0 Å². The molecule has 2 N–H and O–H groups in total. The molecule has 6 aromatic rings. The molecular formula is C47H36N4O. The number of rotatable bonds is 4. The van der Waals surface area contributed by atoms with Crippen LogP contribution in [0.4, 0.5) is 0 Å². The molecular weight excluding hydrogens is 637 g/mol. The SMILES string of the molecule is CC(=NC(=NC(=N)C1=C(c2ccc3c(c2)Oc2ccccc2C32c3ccccc3-c3ccccc32)NC(C)C=C1)c1ccccc1)c1ccccc1. The maximum Gasteiger partial charge on any atom is 0.161 e. The summed E-state index contributed by atoms with van der Waals surface area (Å²) in [5, 5.41) is 13.1. The van der Waals surface area contributed by atoms with Crippen LogP contribution in [0, 0.1) is 5.41 Å². The minimum Gasteiger partial charge on any atom is -0.457 e. The Morgan fingerprint density at radius 2 is 1.21 bits per heavy atom. The van der Waals surface area contributed by atoms with Crippen LogP contribution in [0.15, 0.2) is 179 Å². The fraction of sp³-hybridized carbons (Fsp3) is 0.0851. The highest BCUT2D eigenvalue weighted by molar-refractivity contribution is 6.18. The summed E-state index contributed by atoms with van der Waals surface area (Å²) in [6.07, 6.45) is 4.06. The Morgan fingerprint density at radius 3 is 1.90 bits per heavy atom. The fourth-order valence-electron chi connectivity index (χ4n) is 7.94. The van der Waals surface area contributed by atoms with Gasteiger partial charge in [0.1, 0.15) is 11.5 Å². The lowest BCUT2D eigenvalue weighted by Crippen LogP contribution is -2.32. The zero-order valence-electron chi connectivity index (χ0n) is 29.0. The summed E-state index contributed by atoms with van der Waals surface area (Å²) >= 11 is 0. The number of amidine groups is 2. The standard InChI is InChI=1S/C47H36N4O/c1-30-25-27-37(45(48)51-46(33-17-7-4-8-18-33)50-31(2)32-15-5-3-6-16-32)44(49-30)34-26-28-41-43(29-34)52-42-24-14-13-23-40(42)47(41)38-21-11-9-19-35(38)36-20-10-12-22-39(36)47/h3-30,48-49H,1-2H3. The highest BCUT2D eigenvalue weighted by Crippen LogP contribution is 2.62. The van der Waals surface area contributed by atoms with E-state index in [4.69, 9.17) is 14.7 Å². The Kier molecular flexibility index (Phi) is 7.62. The number of fused-ring (bicyclic) bond motifs is 9. The van der Waals surface area contributed by atoms with Crippen molar-refractivity contribution in [2.24, 2.45) is 9.98 Å². The van der Waals surface area contributed by atoms with Gasteiger partial charge in [-0.3, -0.25) is 5.41 Å². The van der Waals surface area contributed by atoms with E-state index in [0.717, 1.165) is 50.7 Å². The van der Waals surface area contributed by atoms with E-state index in [1.165, 1.54) is 22.3 Å². The second-order valence-electron chi connectivity index (χ2n) is 13.4. The van der Waals surface area contributed by atoms with E-state index in [1.807, 2.05) is 79.7 Å². The van der Waals surface area contributed by atoms with E-state index in [0.29, 0.717) is 11.4 Å². The molecule has 0 saturated carbocycles. The molecule has 52 heavy (non-hydrogen) atoms. The van der Waals surface area contributed by atoms with Crippen molar-refractivity contribution in [2.75, 3.05) is 0 Å². The van der Waals surface area contributed by atoms with Crippen molar-refractivity contribution in [3.05, 3.63) is 208 Å². The number of ether oxygens (including phenoxy) is 1. The molecule has 0 radical (unpaired) electrons. The van der Waals surface area contributed by atoms with Crippen molar-refractivity contribution < 1.29 is 4.74 Å². The summed E-state index contributed by atoms with van der Waals surface area (Å²) in [7, 11) is 0. The molecule has 1 atom stereocenters. The van der Waals surface area contributed by atoms with E-state index in [2.05, 4.69) is 103 Å². The van der Waals surface area contributed by atoms with Crippen molar-refractivity contribution in [1.82, 2.24) is 5.32 Å². The van der Waals surface area contributed by atoms with Crippen molar-refractivity contribution in [3.8, 4) is 22.6 Å². The smallest absolute Gasteiger partial charge is 0.161 e. The molecule has 0 saturated heterocycles. The molecule has 3 aliphatic rings. The maximum absolute atomic E-state index is 9.40. The maximum atomic E-state index is 9.40. The van der Waals surface area contributed by atoms with Crippen molar-refractivity contribution in [1.29, 1.82) is 5.41 Å². The largest absolute Gasteiger partial charge is 0.457 e. The van der Waals surface area contributed by atoms with Gasteiger partial charge in [-0.05, 0) is 53.8 Å². The van der Waals surface area contributed by atoms with Crippen LogP contribution < -0.4 is 10.1 Å². The van der Waals surface area contributed by atoms with E-state index in [-0.39, 0.29) is 11.9 Å². The van der Waals surface area contributed by atoms with E-state index < -0.39 is 5.41 Å². The molecule has 2 heterocycles. The number of nitrogens with zero attached hydrogens (tertiary/aromatic N) is 2. The van der Waals surface area contributed by atoms with Crippen molar-refractivity contribution in [2.45, 2.75) is 25.3 Å². The van der Waals surface area contributed by atoms with Crippen LogP contribution in [0.5, 0.6) is 11.5 Å². The van der Waals surface area contributed by atoms with Crippen LogP contribution in [-0.4, -0.2) is 23.4 Å². The van der Waals surface area contributed by atoms with Gasteiger partial charge in [0.25, 0.3) is 0 Å². The highest BCUT2D eigenvalue weighted by Gasteiger charge is 2.50. The lowest BCUT2D eigenvalue weighted by molar-refractivity contribution is 0.436. The zero-order chi connectivity index (χ0) is 35.2. The van der Waals surface area contributed by atoms with Gasteiger partial charge in [-0.25, -0.2) is 9.98 Å². The van der Waals surface area contributed by atoms with Gasteiger partial charge in [0.15, 0.2) is 11.7 Å². The lowest BCUT2D eigenvalue weighted by Gasteiger charge is -2.39. The third-order valence-corrected chi connectivity index (χ3v) is 10.3. The van der Waals surface area contributed by atoms with Gasteiger partial charge in [-0.1, -0.05) is 152 Å². The molecule has 1 spiro atoms. The molecule has 5 heteroatoms. The number of para-hydroxylation sites is 1. The summed E-state index contributed by atoms with van der Waals surface area (Å²) in [4.78, 5) is 9.85. The monoisotopic (exact) mass is 672 g/mol. The summed E-state index contributed by atoms with van der Waals surface area (Å²) in [6.45, 7) is 4.08. The predicted octanol–water partition coefficient (Wildman–Crippen LogP) is 10.3. The molecule has 250 valence electrons. The Bertz CT molecular complexity index is 2460. The third kappa shape index (κ3) is 5.04. The first kappa shape index (κ1) is 31.4. The van der Waals surface area contributed by atoms with Crippen LogP contribution >= 0.6 is 0 Å². The first-order chi connectivity index (χ1) is 25.5. The fourth-order valence-corrected chi connectivity index (χ4v) is 7.94. The average molecular weight is 673 g/mol. The molecule has 1 aliphatic carbocycles. The summed E-state index contributed by atoms with van der Waals surface area (Å²) in [5.41, 5.74) is 11.8. The molecule has 0 amide bonds. The predicted molar refractivity (Wildman–Crippen MR) is 212 cm³/mol. The minimum absolute atomic E-state index is 0.0556. The Morgan fingerprint density at radius 1 is 0.635 bits per heavy atom. The molecule has 0 bridgehead atoms. The quantitative estimate of drug-likeness (QED) is 0.144. The van der Waals surface area contributed by atoms with Crippen LogP contribution in [0.3, 0.4) is 0 Å². The Balaban J connectivity index is 1.20. The van der Waals surface area contributed by atoms with Gasteiger partial charge < -0.3 is 10.1 Å². The van der Waals surface area contributed by atoms with Crippen molar-refractivity contribution >= 4 is 23.1 Å². The number of hydrogen-bond acceptors (Lipinski definition) is 3. The number of nitrogens with one attached hydrogen (secondary N) is 2. The van der Waals surface area contributed by atoms with E-state index in [9.17, 15) is 5.41 Å². The Hall–Kier alpha value is -6.59. The van der Waals surface area contributed by atoms with E-state index in [1.54, 1.807) is 0 Å². The van der Waals surface area contributed by atoms with Gasteiger partial charge in [-0.15, -0.1) is 0 Å². The van der Waals surface area contributed by atoms with Gasteiger partial charge in [0, 0.05) is 39.6 Å². The third-order valence-electron chi connectivity index (χ3n) is 10.3. The molecule has 0 aromatic heterocycles. The van der Waals surface area contributed by atoms with E-state index >= 15 is 0 Å². The first-order valence-corrected chi connectivity index (χ1v) is 17.7. The molecule has 2 aliphatic heterocycles. The molecule has 0 fully saturated rings. The van der Waals surface area contributed by atoms with Crippen molar-refractivity contribution in [3.63, 3.8) is 0 Å². The van der Waals surface area contributed by atoms with Crippen LogP contribution in [0.1, 0.15) is 52.8 Å². The number of benzene rings is 6. The van der Waals surface area contributed by atoms with Gasteiger partial charge in [-0.2, -0.15) is 0 Å². The van der Waals surface area contributed by atoms with Gasteiger partial charge in [0.2, 0.25) is 0 Å². The second kappa shape index (κ2) is 12.6. The number of dihydropyridines is 1. The van der Waals surface area contributed by atoms with Crippen LogP contribution in [-0.2, 0) is 5.41 Å². The summed E-state index contributed by atoms with van der Waals surface area (Å²) in [5.74, 6) is 2.24. The highest BCUT2D eigenvalue weighted by atomic mass is 16.5. The molecule has 5 nitrogen and oxygen atoms in total. The average Bonchev–Trinajstić information content (AvgIpc) is 3.48. The summed E-state index contributed by atoms with van der Waals surface area (Å²) in [6, 6.07) is 52.4. The lowest BCUT2D eigenvalue weighted by atomic mass is 9.66. The first-order valence-electron chi connectivity index (χ1n) is 17.7.